The van der Waals surface area contributed by atoms with Crippen molar-refractivity contribution in [2.24, 2.45) is 0 Å². The number of benzene rings is 2. The molecule has 1 aliphatic rings. The summed E-state index contributed by atoms with van der Waals surface area (Å²) in [5, 5.41) is 18.5. The average Bonchev–Trinajstić information content (AvgIpc) is 2.59. The van der Waals surface area contributed by atoms with Crippen LogP contribution in [-0.4, -0.2) is 34.8 Å². The highest BCUT2D eigenvalue weighted by Gasteiger charge is 2.26. The molecule has 0 saturated heterocycles. The summed E-state index contributed by atoms with van der Waals surface area (Å²) >= 11 is 0. The molecule has 0 bridgehead atoms. The Balaban J connectivity index is 2.02. The summed E-state index contributed by atoms with van der Waals surface area (Å²) in [7, 11) is 0. The number of anilines is 1. The first-order valence-corrected chi connectivity index (χ1v) is 8.37. The van der Waals surface area contributed by atoms with E-state index in [2.05, 4.69) is 11.0 Å². The van der Waals surface area contributed by atoms with Crippen LogP contribution in [-0.2, 0) is 6.54 Å². The van der Waals surface area contributed by atoms with Gasteiger partial charge in [-0.3, -0.25) is 0 Å². The second-order valence-electron chi connectivity index (χ2n) is 6.72. The topological polar surface area (TPSA) is 87.1 Å². The minimum atomic E-state index is -1.14. The van der Waals surface area contributed by atoms with E-state index in [1.807, 2.05) is 26.8 Å². The number of aromatic carboxylic acids is 2. The van der Waals surface area contributed by atoms with Gasteiger partial charge in [-0.15, -0.1) is 0 Å². The molecule has 1 unspecified atom stereocenters. The van der Waals surface area contributed by atoms with Gasteiger partial charge < -0.3 is 19.8 Å². The Bertz CT molecular complexity index is 858. The monoisotopic (exact) mass is 355 g/mol. The number of nitrogens with zero attached hydrogens (tertiary/aromatic N) is 1. The molecular weight excluding hydrogens is 334 g/mol. The van der Waals surface area contributed by atoms with Crippen LogP contribution in [0.25, 0.3) is 0 Å². The maximum absolute atomic E-state index is 11.3. The molecule has 6 heteroatoms. The molecule has 1 heterocycles. The van der Waals surface area contributed by atoms with Crippen molar-refractivity contribution in [2.75, 3.05) is 11.5 Å². The first kappa shape index (κ1) is 17.8. The minimum Gasteiger partial charge on any atom is -0.489 e. The molecule has 2 N–H and O–H groups in total. The molecule has 0 aliphatic carbocycles. The van der Waals surface area contributed by atoms with Gasteiger partial charge >= 0.3 is 11.9 Å². The van der Waals surface area contributed by atoms with Crippen molar-refractivity contribution in [3.05, 3.63) is 58.1 Å². The Kier molecular flexibility index (Phi) is 4.59. The van der Waals surface area contributed by atoms with Crippen LogP contribution in [0.5, 0.6) is 5.75 Å². The van der Waals surface area contributed by atoms with E-state index in [-0.39, 0.29) is 17.2 Å². The Labute approximate surface area is 151 Å². The van der Waals surface area contributed by atoms with Crippen LogP contribution in [0.4, 0.5) is 5.69 Å². The number of carboxylic acids is 2. The molecule has 2 aromatic carbocycles. The molecule has 1 aliphatic heterocycles. The maximum Gasteiger partial charge on any atom is 0.335 e. The van der Waals surface area contributed by atoms with Crippen molar-refractivity contribution in [2.45, 2.75) is 33.4 Å². The number of hydrogen-bond acceptors (Lipinski definition) is 4. The summed E-state index contributed by atoms with van der Waals surface area (Å²) < 4.78 is 5.83. The third-order valence-electron chi connectivity index (χ3n) is 4.74. The van der Waals surface area contributed by atoms with E-state index < -0.39 is 11.9 Å². The van der Waals surface area contributed by atoms with Gasteiger partial charge in [0.05, 0.1) is 22.9 Å². The zero-order valence-corrected chi connectivity index (χ0v) is 14.9. The summed E-state index contributed by atoms with van der Waals surface area (Å²) in [6, 6.07) is 8.36. The van der Waals surface area contributed by atoms with Gasteiger partial charge in [-0.05, 0) is 67.8 Å². The molecule has 2 aromatic rings. The predicted molar refractivity (Wildman–Crippen MR) is 97.4 cm³/mol. The lowest BCUT2D eigenvalue weighted by atomic mass is 10.0. The lowest BCUT2D eigenvalue weighted by Crippen LogP contribution is -2.40. The molecule has 0 saturated carbocycles. The summed E-state index contributed by atoms with van der Waals surface area (Å²) in [6.45, 7) is 7.00. The van der Waals surface area contributed by atoms with Crippen LogP contribution in [0.3, 0.4) is 0 Å². The summed E-state index contributed by atoms with van der Waals surface area (Å²) in [5.41, 5.74) is 3.79. The standard InChI is InChI=1S/C20H21NO5/c1-11-4-17-18(5-12(11)2)26-10-13(3)21(17)9-14-6-15(19(22)23)8-16(7-14)20(24)25/h4-8,13H,9-10H2,1-3H3,(H,22,23)(H,24,25). The fourth-order valence-corrected chi connectivity index (χ4v) is 3.12. The normalized spacial score (nSPS) is 16.0. The third-order valence-corrected chi connectivity index (χ3v) is 4.74. The van der Waals surface area contributed by atoms with Crippen molar-refractivity contribution < 1.29 is 24.5 Å². The van der Waals surface area contributed by atoms with Crippen molar-refractivity contribution in [3.8, 4) is 5.75 Å². The number of fused-ring (bicyclic) bond motifs is 1. The Morgan fingerprint density at radius 1 is 1.04 bits per heavy atom. The van der Waals surface area contributed by atoms with Crippen molar-refractivity contribution >= 4 is 17.6 Å². The smallest absolute Gasteiger partial charge is 0.335 e. The Hall–Kier alpha value is -3.02. The molecule has 1 atom stereocenters. The number of aryl methyl sites for hydroxylation is 2. The highest BCUT2D eigenvalue weighted by Crippen LogP contribution is 2.37. The summed E-state index contributed by atoms with van der Waals surface area (Å²) in [4.78, 5) is 24.8. The molecule has 136 valence electrons. The molecule has 0 spiro atoms. The van der Waals surface area contributed by atoms with Gasteiger partial charge in [-0.25, -0.2) is 9.59 Å². The van der Waals surface area contributed by atoms with E-state index in [0.717, 1.165) is 22.6 Å². The van der Waals surface area contributed by atoms with E-state index in [1.54, 1.807) is 0 Å². The van der Waals surface area contributed by atoms with E-state index in [1.165, 1.54) is 18.2 Å². The van der Waals surface area contributed by atoms with Crippen LogP contribution in [0, 0.1) is 13.8 Å². The number of hydrogen-bond donors (Lipinski definition) is 2. The largest absolute Gasteiger partial charge is 0.489 e. The fourth-order valence-electron chi connectivity index (χ4n) is 3.12. The van der Waals surface area contributed by atoms with E-state index in [9.17, 15) is 19.8 Å². The average molecular weight is 355 g/mol. The molecule has 0 radical (unpaired) electrons. The lowest BCUT2D eigenvalue weighted by Gasteiger charge is -2.37. The summed E-state index contributed by atoms with van der Waals surface area (Å²) in [6.07, 6.45) is 0. The van der Waals surface area contributed by atoms with Gasteiger partial charge in [0.15, 0.2) is 0 Å². The van der Waals surface area contributed by atoms with Crippen LogP contribution < -0.4 is 9.64 Å². The summed E-state index contributed by atoms with van der Waals surface area (Å²) in [5.74, 6) is -1.49. The number of carboxylic acid groups (broad SMARTS) is 2. The zero-order chi connectivity index (χ0) is 19.0. The Morgan fingerprint density at radius 2 is 1.62 bits per heavy atom. The molecule has 26 heavy (non-hydrogen) atoms. The predicted octanol–water partition coefficient (Wildman–Crippen LogP) is 3.49. The highest BCUT2D eigenvalue weighted by molar-refractivity contribution is 5.94. The molecule has 6 nitrogen and oxygen atoms in total. The maximum atomic E-state index is 11.3. The van der Waals surface area contributed by atoms with Gasteiger partial charge in [0.1, 0.15) is 12.4 Å². The molecule has 0 fully saturated rings. The van der Waals surface area contributed by atoms with E-state index >= 15 is 0 Å². The van der Waals surface area contributed by atoms with Crippen LogP contribution in [0.15, 0.2) is 30.3 Å². The van der Waals surface area contributed by atoms with Crippen molar-refractivity contribution in [1.29, 1.82) is 0 Å². The van der Waals surface area contributed by atoms with E-state index in [4.69, 9.17) is 4.74 Å². The molecule has 0 aromatic heterocycles. The number of rotatable bonds is 4. The Morgan fingerprint density at radius 3 is 2.19 bits per heavy atom. The van der Waals surface area contributed by atoms with Gasteiger partial charge in [0.2, 0.25) is 0 Å². The lowest BCUT2D eigenvalue weighted by molar-refractivity contribution is 0.0696. The first-order chi connectivity index (χ1) is 12.3. The SMILES string of the molecule is Cc1cc2c(cc1C)N(Cc1cc(C(=O)O)cc(C(=O)O)c1)C(C)CO2. The van der Waals surface area contributed by atoms with Crippen molar-refractivity contribution in [3.63, 3.8) is 0 Å². The first-order valence-electron chi connectivity index (χ1n) is 8.37. The van der Waals surface area contributed by atoms with Crippen LogP contribution in [0.1, 0.15) is 44.3 Å². The highest BCUT2D eigenvalue weighted by atomic mass is 16.5. The van der Waals surface area contributed by atoms with Gasteiger partial charge in [-0.1, -0.05) is 0 Å². The molecule has 0 amide bonds. The molecular formula is C20H21NO5. The van der Waals surface area contributed by atoms with Crippen molar-refractivity contribution in [1.82, 2.24) is 0 Å². The van der Waals surface area contributed by atoms with Crippen LogP contribution in [0.2, 0.25) is 0 Å². The van der Waals surface area contributed by atoms with E-state index in [0.29, 0.717) is 18.7 Å². The van der Waals surface area contributed by atoms with Gasteiger partial charge in [0.25, 0.3) is 0 Å². The quantitative estimate of drug-likeness (QED) is 0.873. The van der Waals surface area contributed by atoms with Gasteiger partial charge in [-0.2, -0.15) is 0 Å². The second-order valence-corrected chi connectivity index (χ2v) is 6.72. The zero-order valence-electron chi connectivity index (χ0n) is 14.9. The van der Waals surface area contributed by atoms with Gasteiger partial charge in [0, 0.05) is 6.54 Å². The van der Waals surface area contributed by atoms with Crippen LogP contribution >= 0.6 is 0 Å². The fraction of sp³-hybridized carbons (Fsp3) is 0.300. The second kappa shape index (κ2) is 6.71. The minimum absolute atomic E-state index is 0.0267. The number of carbonyl (C=O) groups is 2. The third kappa shape index (κ3) is 3.35. The molecule has 3 rings (SSSR count). The number of ether oxygens (including phenoxy) is 1.